The van der Waals surface area contributed by atoms with E-state index < -0.39 is 0 Å². The molecule has 4 rings (SSSR count). The lowest BCUT2D eigenvalue weighted by Gasteiger charge is -2.41. The van der Waals surface area contributed by atoms with E-state index in [1.807, 2.05) is 16.8 Å². The minimum atomic E-state index is -0.216. The van der Waals surface area contributed by atoms with E-state index in [-0.39, 0.29) is 17.4 Å². The molecule has 2 aliphatic heterocycles. The van der Waals surface area contributed by atoms with E-state index in [0.29, 0.717) is 6.04 Å². The molecule has 0 N–H and O–H groups in total. The third-order valence-corrected chi connectivity index (χ3v) is 6.35. The number of benzene rings is 1. The number of piperazine rings is 1. The van der Waals surface area contributed by atoms with Crippen LogP contribution in [0.5, 0.6) is 0 Å². The highest BCUT2D eigenvalue weighted by molar-refractivity contribution is 5.26. The fourth-order valence-corrected chi connectivity index (χ4v) is 4.36. The van der Waals surface area contributed by atoms with Crippen molar-refractivity contribution >= 4 is 0 Å². The van der Waals surface area contributed by atoms with Gasteiger partial charge in [-0.2, -0.15) is 0 Å². The SMILES string of the molecule is CCC(C)(C)n1nnnc1[C@H](c1ccc(F)cc1)N1CCN2CCC[C@@H]2C1. The number of aromatic nitrogens is 4. The van der Waals surface area contributed by atoms with Gasteiger partial charge in [-0.1, -0.05) is 19.1 Å². The second-order valence-electron chi connectivity index (χ2n) is 8.40. The minimum Gasteiger partial charge on any atom is -0.298 e. The molecule has 2 aliphatic rings. The van der Waals surface area contributed by atoms with Gasteiger partial charge in [0.1, 0.15) is 5.82 Å². The highest BCUT2D eigenvalue weighted by atomic mass is 19.1. The Balaban J connectivity index is 1.73. The van der Waals surface area contributed by atoms with Crippen molar-refractivity contribution in [1.82, 2.24) is 30.0 Å². The first-order valence-corrected chi connectivity index (χ1v) is 10.0. The second kappa shape index (κ2) is 7.28. The van der Waals surface area contributed by atoms with E-state index in [2.05, 4.69) is 46.1 Å². The maximum absolute atomic E-state index is 13.6. The van der Waals surface area contributed by atoms with Crippen LogP contribution in [0.15, 0.2) is 24.3 Å². The van der Waals surface area contributed by atoms with Crippen LogP contribution in [0.4, 0.5) is 4.39 Å². The second-order valence-corrected chi connectivity index (χ2v) is 8.40. The minimum absolute atomic E-state index is 0.0609. The molecule has 6 nitrogen and oxygen atoms in total. The van der Waals surface area contributed by atoms with E-state index in [4.69, 9.17) is 0 Å². The molecule has 2 aromatic rings. The van der Waals surface area contributed by atoms with Crippen LogP contribution in [0.25, 0.3) is 0 Å². The van der Waals surface area contributed by atoms with Gasteiger partial charge in [0.15, 0.2) is 5.82 Å². The topological polar surface area (TPSA) is 50.1 Å². The quantitative estimate of drug-likeness (QED) is 0.808. The molecule has 0 bridgehead atoms. The average Bonchev–Trinajstić information content (AvgIpc) is 3.33. The predicted molar refractivity (Wildman–Crippen MR) is 102 cm³/mol. The van der Waals surface area contributed by atoms with Crippen LogP contribution < -0.4 is 0 Å². The lowest BCUT2D eigenvalue weighted by atomic mass is 9.98. The standard InChI is InChI=1S/C20H29FN6/c1-4-20(2,3)27-19(22-23-24-27)18(15-7-9-16(21)10-8-15)26-13-12-25-11-5-6-17(25)14-26/h7-10,17-18H,4-6,11-14H2,1-3H3/t17-,18+/m1/s1. The predicted octanol–water partition coefficient (Wildman–Crippen LogP) is 2.83. The van der Waals surface area contributed by atoms with Crippen molar-refractivity contribution in [2.45, 2.75) is 57.7 Å². The summed E-state index contributed by atoms with van der Waals surface area (Å²) in [7, 11) is 0. The van der Waals surface area contributed by atoms with Crippen LogP contribution in [-0.2, 0) is 5.54 Å². The number of fused-ring (bicyclic) bond motifs is 1. The monoisotopic (exact) mass is 372 g/mol. The van der Waals surface area contributed by atoms with Crippen LogP contribution in [0.3, 0.4) is 0 Å². The molecule has 146 valence electrons. The average molecular weight is 372 g/mol. The Morgan fingerprint density at radius 1 is 1.19 bits per heavy atom. The van der Waals surface area contributed by atoms with Gasteiger partial charge in [0.25, 0.3) is 0 Å². The molecule has 7 heteroatoms. The Hall–Kier alpha value is -1.86. The van der Waals surface area contributed by atoms with Gasteiger partial charge in [0.2, 0.25) is 0 Å². The molecule has 0 radical (unpaired) electrons. The Kier molecular flexibility index (Phi) is 4.99. The Bertz CT molecular complexity index is 771. The summed E-state index contributed by atoms with van der Waals surface area (Å²) >= 11 is 0. The van der Waals surface area contributed by atoms with E-state index in [9.17, 15) is 4.39 Å². The smallest absolute Gasteiger partial charge is 0.173 e. The van der Waals surface area contributed by atoms with Crippen LogP contribution >= 0.6 is 0 Å². The zero-order chi connectivity index (χ0) is 19.0. The molecule has 2 saturated heterocycles. The first-order valence-electron chi connectivity index (χ1n) is 10.0. The summed E-state index contributed by atoms with van der Waals surface area (Å²) < 4.78 is 15.5. The van der Waals surface area contributed by atoms with Gasteiger partial charge in [0, 0.05) is 25.7 Å². The van der Waals surface area contributed by atoms with Gasteiger partial charge in [0.05, 0.1) is 11.6 Å². The molecule has 1 aromatic carbocycles. The molecule has 0 unspecified atom stereocenters. The number of nitrogens with zero attached hydrogens (tertiary/aromatic N) is 6. The fourth-order valence-electron chi connectivity index (χ4n) is 4.36. The van der Waals surface area contributed by atoms with Crippen LogP contribution in [0, 0.1) is 5.82 Å². The molecular weight excluding hydrogens is 343 g/mol. The summed E-state index contributed by atoms with van der Waals surface area (Å²) in [5.41, 5.74) is 0.873. The normalized spacial score (nSPS) is 22.7. The number of halogens is 1. The van der Waals surface area contributed by atoms with Crippen molar-refractivity contribution in [3.63, 3.8) is 0 Å². The van der Waals surface area contributed by atoms with Crippen molar-refractivity contribution in [2.24, 2.45) is 0 Å². The van der Waals surface area contributed by atoms with Crippen molar-refractivity contribution in [3.05, 3.63) is 41.5 Å². The first-order chi connectivity index (χ1) is 13.0. The van der Waals surface area contributed by atoms with Crippen LogP contribution in [-0.4, -0.2) is 62.2 Å². The zero-order valence-corrected chi connectivity index (χ0v) is 16.5. The van der Waals surface area contributed by atoms with E-state index >= 15 is 0 Å². The van der Waals surface area contributed by atoms with Gasteiger partial charge >= 0.3 is 0 Å². The third kappa shape index (κ3) is 3.50. The number of hydrogen-bond donors (Lipinski definition) is 0. The Morgan fingerprint density at radius 3 is 2.70 bits per heavy atom. The maximum atomic E-state index is 13.6. The van der Waals surface area contributed by atoms with Crippen molar-refractivity contribution in [3.8, 4) is 0 Å². The number of tetrazole rings is 1. The van der Waals surface area contributed by atoms with Crippen LogP contribution in [0.2, 0.25) is 0 Å². The molecule has 0 aliphatic carbocycles. The van der Waals surface area contributed by atoms with Gasteiger partial charge in [-0.15, -0.1) is 5.10 Å². The Labute approximate surface area is 160 Å². The molecular formula is C20H29FN6. The Morgan fingerprint density at radius 2 is 1.96 bits per heavy atom. The van der Waals surface area contributed by atoms with Crippen LogP contribution in [0.1, 0.15) is 57.5 Å². The number of hydrogen-bond acceptors (Lipinski definition) is 5. The largest absolute Gasteiger partial charge is 0.298 e. The molecule has 0 saturated carbocycles. The van der Waals surface area contributed by atoms with E-state index in [1.165, 1.54) is 31.5 Å². The summed E-state index contributed by atoms with van der Waals surface area (Å²) in [5, 5.41) is 12.8. The maximum Gasteiger partial charge on any atom is 0.173 e. The van der Waals surface area contributed by atoms with Gasteiger partial charge < -0.3 is 0 Å². The molecule has 2 atom stereocenters. The fraction of sp³-hybridized carbons (Fsp3) is 0.650. The summed E-state index contributed by atoms with van der Waals surface area (Å²) in [5.74, 6) is 0.631. The highest BCUT2D eigenvalue weighted by Gasteiger charge is 2.38. The molecule has 27 heavy (non-hydrogen) atoms. The van der Waals surface area contributed by atoms with E-state index in [1.54, 1.807) is 0 Å². The lowest BCUT2D eigenvalue weighted by Crippen LogP contribution is -2.51. The third-order valence-electron chi connectivity index (χ3n) is 6.35. The molecule has 3 heterocycles. The van der Waals surface area contributed by atoms with Crippen molar-refractivity contribution in [2.75, 3.05) is 26.2 Å². The van der Waals surface area contributed by atoms with Gasteiger partial charge in [-0.05, 0) is 67.8 Å². The molecule has 2 fully saturated rings. The molecule has 0 spiro atoms. The summed E-state index contributed by atoms with van der Waals surface area (Å²) in [4.78, 5) is 5.07. The van der Waals surface area contributed by atoms with Crippen molar-refractivity contribution in [1.29, 1.82) is 0 Å². The highest BCUT2D eigenvalue weighted by Crippen LogP contribution is 2.34. The lowest BCUT2D eigenvalue weighted by molar-refractivity contribution is 0.0770. The van der Waals surface area contributed by atoms with Gasteiger partial charge in [-0.25, -0.2) is 9.07 Å². The summed E-state index contributed by atoms with van der Waals surface area (Å²) in [6, 6.07) is 7.36. The van der Waals surface area contributed by atoms with E-state index in [0.717, 1.165) is 37.4 Å². The number of rotatable bonds is 5. The van der Waals surface area contributed by atoms with Crippen molar-refractivity contribution < 1.29 is 4.39 Å². The summed E-state index contributed by atoms with van der Waals surface area (Å²) in [6.45, 7) is 10.7. The summed E-state index contributed by atoms with van der Waals surface area (Å²) in [6.07, 6.45) is 3.45. The molecule has 1 aromatic heterocycles. The zero-order valence-electron chi connectivity index (χ0n) is 16.5. The first kappa shape index (κ1) is 18.5. The van der Waals surface area contributed by atoms with Gasteiger partial charge in [-0.3, -0.25) is 9.80 Å². The molecule has 0 amide bonds.